The van der Waals surface area contributed by atoms with Gasteiger partial charge in [-0.25, -0.2) is 13.6 Å². The van der Waals surface area contributed by atoms with E-state index >= 15 is 0 Å². The summed E-state index contributed by atoms with van der Waals surface area (Å²) in [6.07, 6.45) is 6.26. The Morgan fingerprint density at radius 3 is 2.30 bits per heavy atom. The second-order valence-corrected chi connectivity index (χ2v) is 11.5. The number of hydrogen-bond donors (Lipinski definition) is 2. The number of carboxylic acids is 1. The quantitative estimate of drug-likeness (QED) is 0.235. The first-order valence-corrected chi connectivity index (χ1v) is 13.9. The van der Waals surface area contributed by atoms with Crippen molar-refractivity contribution >= 4 is 17.4 Å². The zero-order chi connectivity index (χ0) is 30.7. The van der Waals surface area contributed by atoms with Crippen molar-refractivity contribution in [1.82, 2.24) is 15.5 Å². The third kappa shape index (κ3) is 6.94. The number of carbonyl (C=O) groups is 2. The maximum absolute atomic E-state index is 13.6. The molecule has 220 valence electrons. The highest BCUT2D eigenvalue weighted by Gasteiger charge is 2.23. The smallest absolute Gasteiger partial charge is 0.326 e. The van der Waals surface area contributed by atoms with Gasteiger partial charge in [0.25, 0.3) is 5.91 Å². The molecule has 1 aromatic heterocycles. The Hall–Kier alpha value is -4.92. The standard InChI is InChI=1S/C34H31F2N3O4/c1-34(2,3)26-15-12-23(13-16-26)31(40)37-29(33(41)42)18-20-4-6-22(7-5-20)30-38-32(43-39-30)24-10-8-21(9-11-24)25-14-17-27(35)28(36)19-25/h4-10,12-17,19,24,29H,11,18H2,1-3H3,(H,37,40)(H,41,42)/t24?,29-/m0/s1. The Morgan fingerprint density at radius 1 is 1.00 bits per heavy atom. The molecular formula is C34H31F2N3O4. The number of carboxylic acid groups (broad SMARTS) is 1. The van der Waals surface area contributed by atoms with Crippen molar-refractivity contribution in [2.24, 2.45) is 0 Å². The number of rotatable bonds is 8. The molecule has 0 saturated heterocycles. The number of nitrogens with one attached hydrogen (secondary N) is 1. The number of aromatic nitrogens is 2. The first-order chi connectivity index (χ1) is 20.5. The number of carbonyl (C=O) groups excluding carboxylic acids is 1. The largest absolute Gasteiger partial charge is 0.480 e. The average Bonchev–Trinajstić information content (AvgIpc) is 3.49. The van der Waals surface area contributed by atoms with E-state index in [-0.39, 0.29) is 17.8 Å². The molecule has 2 atom stereocenters. The second kappa shape index (κ2) is 12.1. The van der Waals surface area contributed by atoms with Crippen molar-refractivity contribution in [2.75, 3.05) is 0 Å². The molecule has 0 aliphatic heterocycles. The molecular weight excluding hydrogens is 552 g/mol. The topological polar surface area (TPSA) is 105 Å². The molecule has 0 fully saturated rings. The molecule has 0 radical (unpaired) electrons. The fourth-order valence-electron chi connectivity index (χ4n) is 4.79. The van der Waals surface area contributed by atoms with E-state index in [0.29, 0.717) is 40.4 Å². The Labute approximate surface area is 248 Å². The summed E-state index contributed by atoms with van der Waals surface area (Å²) < 4.78 is 32.4. The summed E-state index contributed by atoms with van der Waals surface area (Å²) in [7, 11) is 0. The lowest BCUT2D eigenvalue weighted by atomic mass is 9.86. The van der Waals surface area contributed by atoms with Gasteiger partial charge in [0.2, 0.25) is 11.7 Å². The van der Waals surface area contributed by atoms with Crippen LogP contribution in [0.4, 0.5) is 8.78 Å². The first-order valence-electron chi connectivity index (χ1n) is 13.9. The van der Waals surface area contributed by atoms with E-state index < -0.39 is 29.6 Å². The fraction of sp³-hybridized carbons (Fsp3) is 0.235. The number of allylic oxidation sites excluding steroid dienone is 4. The zero-order valence-corrected chi connectivity index (χ0v) is 24.0. The second-order valence-electron chi connectivity index (χ2n) is 11.5. The van der Waals surface area contributed by atoms with Gasteiger partial charge in [-0.2, -0.15) is 4.98 Å². The number of amides is 1. The van der Waals surface area contributed by atoms with E-state index in [1.807, 2.05) is 30.4 Å². The highest BCUT2D eigenvalue weighted by atomic mass is 19.2. The Bertz CT molecular complexity index is 1700. The molecule has 0 bridgehead atoms. The zero-order valence-electron chi connectivity index (χ0n) is 24.0. The van der Waals surface area contributed by atoms with Crippen LogP contribution in [0.25, 0.3) is 17.0 Å². The summed E-state index contributed by atoms with van der Waals surface area (Å²) in [5.41, 5.74) is 4.18. The van der Waals surface area contributed by atoms with Gasteiger partial charge >= 0.3 is 5.97 Å². The van der Waals surface area contributed by atoms with E-state index in [1.165, 1.54) is 12.1 Å². The summed E-state index contributed by atoms with van der Waals surface area (Å²) in [4.78, 5) is 29.2. The Balaban J connectivity index is 1.21. The monoisotopic (exact) mass is 583 g/mol. The predicted octanol–water partition coefficient (Wildman–Crippen LogP) is 6.87. The Morgan fingerprint density at radius 2 is 1.70 bits per heavy atom. The van der Waals surface area contributed by atoms with E-state index in [0.717, 1.165) is 17.2 Å². The molecule has 1 aliphatic carbocycles. The fourth-order valence-corrected chi connectivity index (χ4v) is 4.79. The van der Waals surface area contributed by atoms with Crippen LogP contribution in [0.2, 0.25) is 0 Å². The summed E-state index contributed by atoms with van der Waals surface area (Å²) in [6.45, 7) is 6.24. The highest BCUT2D eigenvalue weighted by Crippen LogP contribution is 2.31. The van der Waals surface area contributed by atoms with E-state index in [4.69, 9.17) is 4.52 Å². The van der Waals surface area contributed by atoms with Crippen LogP contribution in [-0.2, 0) is 16.6 Å². The van der Waals surface area contributed by atoms with Crippen LogP contribution in [0.1, 0.15) is 66.0 Å². The summed E-state index contributed by atoms with van der Waals surface area (Å²) in [6, 6.07) is 16.9. The van der Waals surface area contributed by atoms with Gasteiger partial charge in [-0.3, -0.25) is 4.79 Å². The van der Waals surface area contributed by atoms with Crippen molar-refractivity contribution in [3.63, 3.8) is 0 Å². The van der Waals surface area contributed by atoms with Crippen molar-refractivity contribution < 1.29 is 28.0 Å². The number of nitrogens with zero attached hydrogens (tertiary/aromatic N) is 2. The Kier molecular flexibility index (Phi) is 8.34. The molecule has 1 amide bonds. The van der Waals surface area contributed by atoms with Gasteiger partial charge in [0.05, 0.1) is 5.92 Å². The molecule has 1 heterocycles. The molecule has 2 N–H and O–H groups in total. The summed E-state index contributed by atoms with van der Waals surface area (Å²) in [5, 5.41) is 16.5. The number of hydrogen-bond acceptors (Lipinski definition) is 5. The van der Waals surface area contributed by atoms with Crippen molar-refractivity contribution in [1.29, 1.82) is 0 Å². The highest BCUT2D eigenvalue weighted by molar-refractivity contribution is 5.96. The van der Waals surface area contributed by atoms with Gasteiger partial charge < -0.3 is 14.9 Å². The van der Waals surface area contributed by atoms with Gasteiger partial charge in [0.1, 0.15) is 6.04 Å². The maximum atomic E-state index is 13.6. The molecule has 5 rings (SSSR count). The van der Waals surface area contributed by atoms with E-state index in [2.05, 4.69) is 36.2 Å². The molecule has 43 heavy (non-hydrogen) atoms. The van der Waals surface area contributed by atoms with Gasteiger partial charge in [-0.05, 0) is 58.4 Å². The number of aliphatic carboxylic acids is 1. The average molecular weight is 584 g/mol. The van der Waals surface area contributed by atoms with Crippen LogP contribution >= 0.6 is 0 Å². The van der Waals surface area contributed by atoms with Crippen LogP contribution in [0.15, 0.2) is 89.5 Å². The minimum atomic E-state index is -1.13. The van der Waals surface area contributed by atoms with Crippen LogP contribution in [0, 0.1) is 11.6 Å². The van der Waals surface area contributed by atoms with E-state index in [1.54, 1.807) is 36.4 Å². The first kappa shape index (κ1) is 29.6. The molecule has 3 aromatic carbocycles. The van der Waals surface area contributed by atoms with Crippen molar-refractivity contribution in [3.05, 3.63) is 125 Å². The molecule has 4 aromatic rings. The number of benzene rings is 3. The van der Waals surface area contributed by atoms with Gasteiger partial charge in [0.15, 0.2) is 11.6 Å². The van der Waals surface area contributed by atoms with Gasteiger partial charge in [-0.1, -0.05) is 86.6 Å². The van der Waals surface area contributed by atoms with Crippen molar-refractivity contribution in [2.45, 2.75) is 51.0 Å². The minimum absolute atomic E-state index is 0.0583. The van der Waals surface area contributed by atoms with Gasteiger partial charge in [-0.15, -0.1) is 0 Å². The SMILES string of the molecule is CC(C)(C)c1ccc(C(=O)N[C@@H](Cc2ccc(-c3noc(C4C=CC(c5ccc(F)c(F)c5)=CC4)n3)cc2)C(=O)O)cc1. The normalized spacial score (nSPS) is 15.6. The van der Waals surface area contributed by atoms with Crippen LogP contribution < -0.4 is 5.32 Å². The van der Waals surface area contributed by atoms with Crippen LogP contribution in [0.3, 0.4) is 0 Å². The third-order valence-electron chi connectivity index (χ3n) is 7.38. The van der Waals surface area contributed by atoms with E-state index in [9.17, 15) is 23.5 Å². The summed E-state index contributed by atoms with van der Waals surface area (Å²) >= 11 is 0. The molecule has 9 heteroatoms. The van der Waals surface area contributed by atoms with Gasteiger partial charge in [0, 0.05) is 17.5 Å². The summed E-state index contributed by atoms with van der Waals surface area (Å²) in [5.74, 6) is -2.74. The molecule has 0 saturated carbocycles. The molecule has 1 aliphatic rings. The van der Waals surface area contributed by atoms with Crippen LogP contribution in [-0.4, -0.2) is 33.2 Å². The van der Waals surface area contributed by atoms with Crippen molar-refractivity contribution in [3.8, 4) is 11.4 Å². The predicted molar refractivity (Wildman–Crippen MR) is 158 cm³/mol. The van der Waals surface area contributed by atoms with Crippen LogP contribution in [0.5, 0.6) is 0 Å². The molecule has 0 spiro atoms. The third-order valence-corrected chi connectivity index (χ3v) is 7.38. The minimum Gasteiger partial charge on any atom is -0.480 e. The lowest BCUT2D eigenvalue weighted by Crippen LogP contribution is -2.42. The molecule has 7 nitrogen and oxygen atoms in total. The number of halogens is 2. The maximum Gasteiger partial charge on any atom is 0.326 e. The lowest BCUT2D eigenvalue weighted by Gasteiger charge is -2.19. The molecule has 1 unspecified atom stereocenters. The lowest BCUT2D eigenvalue weighted by molar-refractivity contribution is -0.139.